The summed E-state index contributed by atoms with van der Waals surface area (Å²) in [4.78, 5) is 16.3. The molecule has 0 radical (unpaired) electrons. The molecule has 1 aliphatic heterocycles. The number of rotatable bonds is 1. The summed E-state index contributed by atoms with van der Waals surface area (Å²) < 4.78 is 5.31. The summed E-state index contributed by atoms with van der Waals surface area (Å²) in [6.45, 7) is 6.65. The van der Waals surface area contributed by atoms with Gasteiger partial charge in [0.1, 0.15) is 5.60 Å². The van der Waals surface area contributed by atoms with Crippen LogP contribution in [0.25, 0.3) is 10.4 Å². The Morgan fingerprint density at radius 3 is 2.76 bits per heavy atom. The number of hydrogen-bond acceptors (Lipinski definition) is 3. The van der Waals surface area contributed by atoms with E-state index in [1.54, 1.807) is 4.90 Å². The molecule has 17 heavy (non-hydrogen) atoms. The average Bonchev–Trinajstić information content (AvgIpc) is 2.41. The van der Waals surface area contributed by atoms with Gasteiger partial charge in [-0.3, -0.25) is 0 Å². The molecule has 6 heteroatoms. The smallest absolute Gasteiger partial charge is 0.410 e. The molecular formula is C11H20N4O2. The second-order valence-corrected chi connectivity index (χ2v) is 5.28. The third-order valence-corrected chi connectivity index (χ3v) is 2.51. The third-order valence-electron chi connectivity index (χ3n) is 2.51. The fourth-order valence-electron chi connectivity index (χ4n) is 1.78. The summed E-state index contributed by atoms with van der Waals surface area (Å²) in [7, 11) is 0. The molecule has 6 nitrogen and oxygen atoms in total. The minimum absolute atomic E-state index is 0.130. The van der Waals surface area contributed by atoms with E-state index in [1.165, 1.54) is 0 Å². The topological polar surface area (TPSA) is 78.3 Å². The lowest BCUT2D eigenvalue weighted by atomic mass is 10.1. The van der Waals surface area contributed by atoms with Gasteiger partial charge in [0.2, 0.25) is 0 Å². The molecule has 0 spiro atoms. The van der Waals surface area contributed by atoms with Gasteiger partial charge in [0.25, 0.3) is 0 Å². The number of hydrogen-bond donors (Lipinski definition) is 0. The molecule has 1 heterocycles. The van der Waals surface area contributed by atoms with E-state index in [-0.39, 0.29) is 12.1 Å². The number of amides is 1. The number of likely N-dealkylation sites (tertiary alicyclic amines) is 1. The van der Waals surface area contributed by atoms with Crippen LogP contribution in [0.3, 0.4) is 0 Å². The molecule has 1 amide bonds. The monoisotopic (exact) mass is 240 g/mol. The summed E-state index contributed by atoms with van der Waals surface area (Å²) >= 11 is 0. The first-order valence-corrected chi connectivity index (χ1v) is 5.94. The lowest BCUT2D eigenvalue weighted by molar-refractivity contribution is 0.0250. The Hall–Kier alpha value is -1.42. The van der Waals surface area contributed by atoms with Crippen molar-refractivity contribution in [2.24, 2.45) is 5.11 Å². The highest BCUT2D eigenvalue weighted by atomic mass is 16.6. The van der Waals surface area contributed by atoms with Gasteiger partial charge in [0, 0.05) is 18.0 Å². The van der Waals surface area contributed by atoms with E-state index >= 15 is 0 Å². The zero-order chi connectivity index (χ0) is 12.9. The van der Waals surface area contributed by atoms with Gasteiger partial charge in [-0.2, -0.15) is 0 Å². The van der Waals surface area contributed by atoms with E-state index < -0.39 is 5.60 Å². The lowest BCUT2D eigenvalue weighted by Crippen LogP contribution is -2.39. The summed E-state index contributed by atoms with van der Waals surface area (Å²) in [6.07, 6.45) is 2.42. The summed E-state index contributed by atoms with van der Waals surface area (Å²) in [5.41, 5.74) is 7.96. The minimum Gasteiger partial charge on any atom is -0.444 e. The van der Waals surface area contributed by atoms with Crippen LogP contribution < -0.4 is 0 Å². The fourth-order valence-corrected chi connectivity index (χ4v) is 1.78. The van der Waals surface area contributed by atoms with Crippen LogP contribution in [0, 0.1) is 0 Å². The Morgan fingerprint density at radius 1 is 1.47 bits per heavy atom. The first-order valence-electron chi connectivity index (χ1n) is 5.94. The van der Waals surface area contributed by atoms with E-state index in [9.17, 15) is 4.79 Å². The van der Waals surface area contributed by atoms with Gasteiger partial charge in [-0.1, -0.05) is 11.5 Å². The van der Waals surface area contributed by atoms with E-state index in [4.69, 9.17) is 10.3 Å². The molecule has 1 unspecified atom stereocenters. The maximum Gasteiger partial charge on any atom is 0.410 e. The van der Waals surface area contributed by atoms with Crippen molar-refractivity contribution in [2.45, 2.75) is 51.7 Å². The van der Waals surface area contributed by atoms with Crippen molar-refractivity contribution in [1.29, 1.82) is 0 Å². The van der Waals surface area contributed by atoms with Gasteiger partial charge >= 0.3 is 6.09 Å². The Labute approximate surface area is 102 Å². The normalized spacial score (nSPS) is 21.4. The SMILES string of the molecule is CC(C)(C)OC(=O)N1CCCCC(N=[N+]=[N-])C1. The lowest BCUT2D eigenvalue weighted by Gasteiger charge is -2.27. The Balaban J connectivity index is 2.62. The quantitative estimate of drug-likeness (QED) is 0.401. The zero-order valence-corrected chi connectivity index (χ0v) is 10.7. The van der Waals surface area contributed by atoms with Crippen molar-refractivity contribution in [3.63, 3.8) is 0 Å². The van der Waals surface area contributed by atoms with Crippen molar-refractivity contribution in [1.82, 2.24) is 4.90 Å². The van der Waals surface area contributed by atoms with Crippen LogP contribution in [0.5, 0.6) is 0 Å². The molecule has 0 aromatic rings. The second-order valence-electron chi connectivity index (χ2n) is 5.28. The molecule has 1 atom stereocenters. The predicted molar refractivity (Wildman–Crippen MR) is 64.6 cm³/mol. The largest absolute Gasteiger partial charge is 0.444 e. The summed E-state index contributed by atoms with van der Waals surface area (Å²) in [5.74, 6) is 0. The molecule has 0 N–H and O–H groups in total. The highest BCUT2D eigenvalue weighted by molar-refractivity contribution is 5.68. The molecular weight excluding hydrogens is 220 g/mol. The van der Waals surface area contributed by atoms with Crippen molar-refractivity contribution in [2.75, 3.05) is 13.1 Å². The van der Waals surface area contributed by atoms with Crippen LogP contribution >= 0.6 is 0 Å². The average molecular weight is 240 g/mol. The van der Waals surface area contributed by atoms with Gasteiger partial charge in [-0.05, 0) is 39.1 Å². The van der Waals surface area contributed by atoms with E-state index in [2.05, 4.69) is 10.0 Å². The number of ether oxygens (including phenoxy) is 1. The first-order chi connectivity index (χ1) is 7.92. The van der Waals surface area contributed by atoms with Gasteiger partial charge in [0.15, 0.2) is 0 Å². The molecule has 1 fully saturated rings. The van der Waals surface area contributed by atoms with Gasteiger partial charge in [-0.25, -0.2) is 4.79 Å². The standard InChI is InChI=1S/C11H20N4O2/c1-11(2,3)17-10(16)15-7-5-4-6-9(8-15)13-14-12/h9H,4-8H2,1-3H3. The first kappa shape index (κ1) is 13.6. The molecule has 96 valence electrons. The van der Waals surface area contributed by atoms with Gasteiger partial charge in [0.05, 0.1) is 6.04 Å². The number of carbonyl (C=O) groups is 1. The van der Waals surface area contributed by atoms with Gasteiger partial charge in [-0.15, -0.1) is 0 Å². The Kier molecular flexibility index (Phi) is 4.63. The predicted octanol–water partition coefficient (Wildman–Crippen LogP) is 3.09. The van der Waals surface area contributed by atoms with Crippen LogP contribution in [0.15, 0.2) is 5.11 Å². The molecule has 1 rings (SSSR count). The zero-order valence-electron chi connectivity index (χ0n) is 10.7. The Bertz CT molecular complexity index is 318. The maximum atomic E-state index is 11.9. The minimum atomic E-state index is -0.489. The van der Waals surface area contributed by atoms with Crippen molar-refractivity contribution >= 4 is 6.09 Å². The van der Waals surface area contributed by atoms with Crippen LogP contribution in [-0.2, 0) is 4.74 Å². The summed E-state index contributed by atoms with van der Waals surface area (Å²) in [6, 6.07) is -0.130. The number of azide groups is 1. The van der Waals surface area contributed by atoms with Gasteiger partial charge < -0.3 is 9.64 Å². The second kappa shape index (κ2) is 5.77. The van der Waals surface area contributed by atoms with E-state index in [0.29, 0.717) is 13.1 Å². The highest BCUT2D eigenvalue weighted by Gasteiger charge is 2.25. The number of nitrogens with zero attached hydrogens (tertiary/aromatic N) is 4. The molecule has 0 aromatic heterocycles. The van der Waals surface area contributed by atoms with Crippen molar-refractivity contribution < 1.29 is 9.53 Å². The maximum absolute atomic E-state index is 11.9. The highest BCUT2D eigenvalue weighted by Crippen LogP contribution is 2.17. The molecule has 1 saturated heterocycles. The molecule has 0 aromatic carbocycles. The van der Waals surface area contributed by atoms with Crippen molar-refractivity contribution in [3.05, 3.63) is 10.4 Å². The van der Waals surface area contributed by atoms with Crippen molar-refractivity contribution in [3.8, 4) is 0 Å². The molecule has 0 aliphatic carbocycles. The van der Waals surface area contributed by atoms with Crippen LogP contribution in [0.1, 0.15) is 40.0 Å². The molecule has 0 saturated carbocycles. The summed E-state index contributed by atoms with van der Waals surface area (Å²) in [5, 5.41) is 3.70. The van der Waals surface area contributed by atoms with E-state index in [1.807, 2.05) is 20.8 Å². The molecule has 1 aliphatic rings. The van der Waals surface area contributed by atoms with E-state index in [0.717, 1.165) is 19.3 Å². The third kappa shape index (κ3) is 4.95. The van der Waals surface area contributed by atoms with Crippen LogP contribution in [0.4, 0.5) is 4.79 Å². The van der Waals surface area contributed by atoms with Crippen LogP contribution in [0.2, 0.25) is 0 Å². The Morgan fingerprint density at radius 2 is 2.18 bits per heavy atom. The molecule has 0 bridgehead atoms. The number of carbonyl (C=O) groups excluding carboxylic acids is 1. The van der Waals surface area contributed by atoms with Crippen LogP contribution in [-0.4, -0.2) is 35.7 Å². The fraction of sp³-hybridized carbons (Fsp3) is 0.909.